The van der Waals surface area contributed by atoms with Crippen LogP contribution in [0.4, 0.5) is 5.69 Å². The Morgan fingerprint density at radius 1 is 1.23 bits per heavy atom. The topological polar surface area (TPSA) is 50.2 Å². The van der Waals surface area contributed by atoms with E-state index >= 15 is 0 Å². The molecule has 1 N–H and O–H groups in total. The molecule has 0 aliphatic heterocycles. The van der Waals surface area contributed by atoms with Crippen molar-refractivity contribution >= 4 is 11.6 Å². The standard InChI is InChI=1S/C21H32N4O/c1-14-19(15(2)25(8)23-14)22-20(26)16(3)24(7)13-17-9-11-18(12-10-17)21(4,5)6/h9-12,16H,13H2,1-8H3,(H,22,26)/t16-/m0/s1. The Kier molecular flexibility index (Phi) is 5.91. The van der Waals surface area contributed by atoms with Gasteiger partial charge in [-0.3, -0.25) is 14.4 Å². The monoisotopic (exact) mass is 356 g/mol. The highest BCUT2D eigenvalue weighted by molar-refractivity contribution is 5.95. The van der Waals surface area contributed by atoms with Crippen LogP contribution in [-0.4, -0.2) is 33.7 Å². The third kappa shape index (κ3) is 4.52. The number of amides is 1. The molecule has 0 radical (unpaired) electrons. The second-order valence-corrected chi connectivity index (χ2v) is 8.20. The van der Waals surface area contributed by atoms with Crippen LogP contribution in [0.2, 0.25) is 0 Å². The van der Waals surface area contributed by atoms with Crippen LogP contribution in [0, 0.1) is 13.8 Å². The molecule has 0 spiro atoms. The van der Waals surface area contributed by atoms with Gasteiger partial charge in [0.25, 0.3) is 0 Å². The second-order valence-electron chi connectivity index (χ2n) is 8.20. The lowest BCUT2D eigenvalue weighted by Gasteiger charge is -2.25. The maximum Gasteiger partial charge on any atom is 0.241 e. The molecule has 2 rings (SSSR count). The zero-order valence-corrected chi connectivity index (χ0v) is 17.3. The molecule has 0 bridgehead atoms. The van der Waals surface area contributed by atoms with E-state index in [0.29, 0.717) is 0 Å². The average Bonchev–Trinajstić information content (AvgIpc) is 2.80. The summed E-state index contributed by atoms with van der Waals surface area (Å²) in [4.78, 5) is 14.7. The summed E-state index contributed by atoms with van der Waals surface area (Å²) in [6.45, 7) is 13.2. The molecule has 0 aliphatic carbocycles. The van der Waals surface area contributed by atoms with Gasteiger partial charge in [-0.25, -0.2) is 0 Å². The largest absolute Gasteiger partial charge is 0.322 e. The number of likely N-dealkylation sites (N-methyl/N-ethyl adjacent to an activating group) is 1. The maximum atomic E-state index is 12.7. The lowest BCUT2D eigenvalue weighted by atomic mass is 9.87. The fourth-order valence-electron chi connectivity index (χ4n) is 2.92. The quantitative estimate of drug-likeness (QED) is 0.887. The zero-order chi connectivity index (χ0) is 19.6. The number of aryl methyl sites for hydroxylation is 2. The maximum absolute atomic E-state index is 12.7. The fraction of sp³-hybridized carbons (Fsp3) is 0.524. The Hall–Kier alpha value is -2.14. The lowest BCUT2D eigenvalue weighted by Crippen LogP contribution is -2.39. The lowest BCUT2D eigenvalue weighted by molar-refractivity contribution is -0.120. The van der Waals surface area contributed by atoms with Crippen molar-refractivity contribution in [3.05, 3.63) is 46.8 Å². The van der Waals surface area contributed by atoms with Crippen LogP contribution in [-0.2, 0) is 23.8 Å². The van der Waals surface area contributed by atoms with Gasteiger partial charge in [-0.05, 0) is 44.4 Å². The van der Waals surface area contributed by atoms with Gasteiger partial charge in [0, 0.05) is 13.6 Å². The number of anilines is 1. The number of carbonyl (C=O) groups is 1. The molecule has 1 aromatic carbocycles. The van der Waals surface area contributed by atoms with E-state index in [0.717, 1.165) is 23.6 Å². The molecule has 0 saturated carbocycles. The molecule has 142 valence electrons. The molecule has 5 nitrogen and oxygen atoms in total. The molecule has 0 aliphatic rings. The van der Waals surface area contributed by atoms with Gasteiger partial charge in [0.15, 0.2) is 0 Å². The smallest absolute Gasteiger partial charge is 0.241 e. The first kappa shape index (κ1) is 20.2. The van der Waals surface area contributed by atoms with E-state index < -0.39 is 0 Å². The van der Waals surface area contributed by atoms with E-state index in [-0.39, 0.29) is 17.4 Å². The van der Waals surface area contributed by atoms with Crippen molar-refractivity contribution in [1.82, 2.24) is 14.7 Å². The van der Waals surface area contributed by atoms with E-state index in [1.165, 1.54) is 11.1 Å². The Bertz CT molecular complexity index is 769. The molecule has 0 saturated heterocycles. The summed E-state index contributed by atoms with van der Waals surface area (Å²) in [6.07, 6.45) is 0. The van der Waals surface area contributed by atoms with Crippen LogP contribution in [0.1, 0.15) is 50.2 Å². The number of nitrogens with zero attached hydrogens (tertiary/aromatic N) is 3. The highest BCUT2D eigenvalue weighted by Crippen LogP contribution is 2.23. The molecular weight excluding hydrogens is 324 g/mol. The summed E-state index contributed by atoms with van der Waals surface area (Å²) in [6, 6.07) is 8.41. The molecule has 1 amide bonds. The summed E-state index contributed by atoms with van der Waals surface area (Å²) in [5, 5.41) is 7.38. The van der Waals surface area contributed by atoms with Crippen molar-refractivity contribution in [2.24, 2.45) is 7.05 Å². The van der Waals surface area contributed by atoms with Gasteiger partial charge in [0.05, 0.1) is 23.1 Å². The van der Waals surface area contributed by atoms with Gasteiger partial charge in [0.2, 0.25) is 5.91 Å². The molecule has 1 atom stereocenters. The first-order valence-corrected chi connectivity index (χ1v) is 9.11. The summed E-state index contributed by atoms with van der Waals surface area (Å²) in [5.41, 5.74) is 5.28. The van der Waals surface area contributed by atoms with Gasteiger partial charge >= 0.3 is 0 Å². The van der Waals surface area contributed by atoms with Crippen LogP contribution in [0.15, 0.2) is 24.3 Å². The van der Waals surface area contributed by atoms with E-state index in [4.69, 9.17) is 0 Å². The normalized spacial score (nSPS) is 13.1. The van der Waals surface area contributed by atoms with Gasteiger partial charge in [0.1, 0.15) is 0 Å². The predicted octanol–water partition coefficient (Wildman–Crippen LogP) is 3.79. The van der Waals surface area contributed by atoms with Gasteiger partial charge in [-0.1, -0.05) is 45.0 Å². The van der Waals surface area contributed by atoms with E-state index in [9.17, 15) is 4.79 Å². The minimum Gasteiger partial charge on any atom is -0.322 e. The zero-order valence-electron chi connectivity index (χ0n) is 17.3. The number of nitrogens with one attached hydrogen (secondary N) is 1. The summed E-state index contributed by atoms with van der Waals surface area (Å²) in [7, 11) is 3.86. The van der Waals surface area contributed by atoms with Crippen molar-refractivity contribution in [2.45, 2.75) is 59.5 Å². The summed E-state index contributed by atoms with van der Waals surface area (Å²) >= 11 is 0. The minimum absolute atomic E-state index is 0.0157. The number of carbonyl (C=O) groups excluding carboxylic acids is 1. The minimum atomic E-state index is -0.240. The number of hydrogen-bond donors (Lipinski definition) is 1. The molecule has 2 aromatic rings. The van der Waals surface area contributed by atoms with Crippen molar-refractivity contribution in [3.8, 4) is 0 Å². The SMILES string of the molecule is Cc1nn(C)c(C)c1NC(=O)[C@H](C)N(C)Cc1ccc(C(C)(C)C)cc1. The molecular formula is C21H32N4O. The van der Waals surface area contributed by atoms with Crippen LogP contribution in [0.5, 0.6) is 0 Å². The predicted molar refractivity (Wildman–Crippen MR) is 107 cm³/mol. The Balaban J connectivity index is 2.02. The highest BCUT2D eigenvalue weighted by Gasteiger charge is 2.21. The number of hydrogen-bond acceptors (Lipinski definition) is 3. The van der Waals surface area contributed by atoms with E-state index in [1.807, 2.05) is 34.9 Å². The molecule has 5 heteroatoms. The molecule has 1 heterocycles. The summed E-state index contributed by atoms with van der Waals surface area (Å²) in [5.74, 6) is -0.0157. The van der Waals surface area contributed by atoms with Crippen molar-refractivity contribution < 1.29 is 4.79 Å². The number of rotatable bonds is 5. The molecule has 0 fully saturated rings. The fourth-order valence-corrected chi connectivity index (χ4v) is 2.92. The first-order valence-electron chi connectivity index (χ1n) is 9.11. The summed E-state index contributed by atoms with van der Waals surface area (Å²) < 4.78 is 1.79. The molecule has 26 heavy (non-hydrogen) atoms. The Morgan fingerprint density at radius 3 is 2.27 bits per heavy atom. The Morgan fingerprint density at radius 2 is 1.81 bits per heavy atom. The highest BCUT2D eigenvalue weighted by atomic mass is 16.2. The van der Waals surface area contributed by atoms with Crippen molar-refractivity contribution in [3.63, 3.8) is 0 Å². The van der Waals surface area contributed by atoms with Gasteiger partial charge in [-0.2, -0.15) is 5.10 Å². The number of aromatic nitrogens is 2. The average molecular weight is 357 g/mol. The third-order valence-electron chi connectivity index (χ3n) is 5.05. The van der Waals surface area contributed by atoms with Crippen LogP contribution < -0.4 is 5.32 Å². The van der Waals surface area contributed by atoms with Crippen molar-refractivity contribution in [1.29, 1.82) is 0 Å². The van der Waals surface area contributed by atoms with Crippen LogP contribution in [0.25, 0.3) is 0 Å². The van der Waals surface area contributed by atoms with E-state index in [1.54, 1.807) is 4.68 Å². The Labute approximate surface area is 157 Å². The van der Waals surface area contributed by atoms with Crippen molar-refractivity contribution in [2.75, 3.05) is 12.4 Å². The first-order chi connectivity index (χ1) is 12.0. The molecule has 0 unspecified atom stereocenters. The number of benzene rings is 1. The van der Waals surface area contributed by atoms with E-state index in [2.05, 4.69) is 60.4 Å². The van der Waals surface area contributed by atoms with Gasteiger partial charge in [-0.15, -0.1) is 0 Å². The third-order valence-corrected chi connectivity index (χ3v) is 5.05. The van der Waals surface area contributed by atoms with Crippen LogP contribution in [0.3, 0.4) is 0 Å². The van der Waals surface area contributed by atoms with Crippen LogP contribution >= 0.6 is 0 Å². The second kappa shape index (κ2) is 7.62. The molecule has 1 aromatic heterocycles. The van der Waals surface area contributed by atoms with Gasteiger partial charge < -0.3 is 5.32 Å².